The number of amides is 1. The molecule has 0 aliphatic heterocycles. The van der Waals surface area contributed by atoms with Gasteiger partial charge in [0.15, 0.2) is 0 Å². The van der Waals surface area contributed by atoms with Crippen LogP contribution in [-0.2, 0) is 4.79 Å². The summed E-state index contributed by atoms with van der Waals surface area (Å²) in [5.74, 6) is 0.267. The minimum absolute atomic E-state index is 0.0269. The van der Waals surface area contributed by atoms with Gasteiger partial charge in [0.25, 0.3) is 0 Å². The highest BCUT2D eigenvalue weighted by molar-refractivity contribution is 7.99. The number of aromatic amines is 1. The summed E-state index contributed by atoms with van der Waals surface area (Å²) in [6.45, 7) is 0. The molecule has 0 unspecified atom stereocenters. The topological polar surface area (TPSA) is 88.2 Å². The van der Waals surface area contributed by atoms with E-state index in [0.717, 1.165) is 17.4 Å². The number of benzene rings is 2. The Labute approximate surface area is 157 Å². The van der Waals surface area contributed by atoms with Crippen LogP contribution in [0.1, 0.15) is 0 Å². The molecule has 2 aromatic carbocycles. The maximum atomic E-state index is 12.2. The van der Waals surface area contributed by atoms with Crippen molar-refractivity contribution in [2.45, 2.75) is 5.03 Å². The number of nitrogens with zero attached hydrogens (tertiary/aromatic N) is 1. The molecule has 134 valence electrons. The van der Waals surface area contributed by atoms with Crippen molar-refractivity contribution in [2.24, 2.45) is 0 Å². The Morgan fingerprint density at radius 3 is 2.77 bits per heavy atom. The quantitative estimate of drug-likeness (QED) is 0.497. The molecule has 3 rings (SSSR count). The summed E-state index contributed by atoms with van der Waals surface area (Å²) < 4.78 is 11.4. The first-order valence-corrected chi connectivity index (χ1v) is 8.90. The number of thioether (sulfide) groups is 1. The van der Waals surface area contributed by atoms with E-state index in [-0.39, 0.29) is 16.7 Å². The monoisotopic (exact) mass is 392 g/mol. The van der Waals surface area contributed by atoms with Crippen LogP contribution in [0.4, 0.5) is 5.69 Å². The number of anilines is 1. The average Bonchev–Trinajstić information content (AvgIpc) is 3.01. The lowest BCUT2D eigenvalue weighted by atomic mass is 10.3. The first-order valence-electron chi connectivity index (χ1n) is 7.53. The van der Waals surface area contributed by atoms with Gasteiger partial charge in [-0.05, 0) is 39.9 Å². The summed E-state index contributed by atoms with van der Waals surface area (Å²) in [7, 11) is 1.51. The van der Waals surface area contributed by atoms with Gasteiger partial charge in [-0.1, -0.05) is 29.8 Å². The number of ether oxygens (including phenoxy) is 1. The number of carbonyl (C=O) groups is 1. The molecular weight excluding hydrogens is 378 g/mol. The first-order chi connectivity index (χ1) is 12.6. The smallest absolute Gasteiger partial charge is 0.442 e. The van der Waals surface area contributed by atoms with Crippen molar-refractivity contribution in [3.05, 3.63) is 64.0 Å². The summed E-state index contributed by atoms with van der Waals surface area (Å²) in [4.78, 5) is 24.1. The fourth-order valence-corrected chi connectivity index (χ4v) is 3.24. The van der Waals surface area contributed by atoms with Crippen LogP contribution in [0.2, 0.25) is 5.02 Å². The molecular formula is C17H15ClN3O4S+. The molecule has 0 saturated carbocycles. The van der Waals surface area contributed by atoms with Crippen LogP contribution in [0.25, 0.3) is 5.69 Å². The van der Waals surface area contributed by atoms with Gasteiger partial charge in [-0.2, -0.15) is 0 Å². The molecule has 1 aromatic heterocycles. The third-order valence-electron chi connectivity index (χ3n) is 3.40. The number of nitrogens with one attached hydrogen (secondary N) is 2. The maximum absolute atomic E-state index is 12.2. The molecule has 1 amide bonds. The average molecular weight is 393 g/mol. The number of hydrogen-bond acceptors (Lipinski definition) is 5. The van der Waals surface area contributed by atoms with Crippen LogP contribution in [-0.4, -0.2) is 24.0 Å². The minimum atomic E-state index is -0.542. The lowest BCUT2D eigenvalue weighted by Gasteiger charge is -2.07. The molecule has 2 N–H and O–H groups in total. The highest BCUT2D eigenvalue weighted by atomic mass is 35.5. The van der Waals surface area contributed by atoms with E-state index in [1.165, 1.54) is 11.8 Å². The maximum Gasteiger partial charge on any atom is 0.442 e. The zero-order valence-electron chi connectivity index (χ0n) is 13.7. The van der Waals surface area contributed by atoms with E-state index >= 15 is 0 Å². The van der Waals surface area contributed by atoms with E-state index in [0.29, 0.717) is 16.5 Å². The van der Waals surface area contributed by atoms with Crippen LogP contribution < -0.4 is 20.4 Å². The van der Waals surface area contributed by atoms with Crippen LogP contribution >= 0.6 is 23.4 Å². The van der Waals surface area contributed by atoms with Gasteiger partial charge in [0.1, 0.15) is 5.75 Å². The number of methoxy groups -OCH3 is 1. The molecule has 0 radical (unpaired) electrons. The Morgan fingerprint density at radius 1 is 1.31 bits per heavy atom. The first kappa shape index (κ1) is 18.1. The summed E-state index contributed by atoms with van der Waals surface area (Å²) in [5.41, 5.74) is 0.723. The Balaban J connectivity index is 1.68. The molecule has 0 aliphatic carbocycles. The molecule has 0 spiro atoms. The molecule has 7 nitrogen and oxygen atoms in total. The highest BCUT2D eigenvalue weighted by Gasteiger charge is 2.24. The van der Waals surface area contributed by atoms with E-state index in [9.17, 15) is 9.59 Å². The van der Waals surface area contributed by atoms with Crippen molar-refractivity contribution in [2.75, 3.05) is 18.2 Å². The standard InChI is InChI=1S/C17H14ClN3O4S/c1-24-14-8-7-11(9-13(14)18)19-15(22)10-26-16-17(23)25-20-21(16)12-5-3-2-4-6-12/h2-9H,10H2,1H3,(H-,19,20,22,23)/p+1. The Kier molecular flexibility index (Phi) is 5.65. The van der Waals surface area contributed by atoms with Gasteiger partial charge < -0.3 is 10.1 Å². The van der Waals surface area contributed by atoms with Gasteiger partial charge in [0, 0.05) is 17.8 Å². The molecule has 9 heteroatoms. The van der Waals surface area contributed by atoms with Crippen molar-refractivity contribution in [1.82, 2.24) is 5.27 Å². The molecule has 0 atom stereocenters. The fraction of sp³-hybridized carbons (Fsp3) is 0.118. The van der Waals surface area contributed by atoms with Gasteiger partial charge in [0.05, 0.1) is 17.9 Å². The Hall–Kier alpha value is -2.71. The van der Waals surface area contributed by atoms with E-state index in [1.54, 1.807) is 18.2 Å². The second-order valence-electron chi connectivity index (χ2n) is 5.14. The molecule has 0 saturated heterocycles. The van der Waals surface area contributed by atoms with Gasteiger partial charge in [-0.15, -0.1) is 0 Å². The van der Waals surface area contributed by atoms with Crippen molar-refractivity contribution < 1.29 is 18.7 Å². The molecule has 0 bridgehead atoms. The normalized spacial score (nSPS) is 10.5. The number of hydrogen-bond donors (Lipinski definition) is 2. The molecule has 1 heterocycles. The predicted octanol–water partition coefficient (Wildman–Crippen LogP) is 2.64. The molecule has 26 heavy (non-hydrogen) atoms. The second kappa shape index (κ2) is 8.11. The zero-order valence-corrected chi connectivity index (χ0v) is 15.3. The van der Waals surface area contributed by atoms with Crippen LogP contribution in [0.15, 0.2) is 62.9 Å². The SMILES string of the molecule is COc1ccc(NC(=O)CSc2c(=O)o[nH][n+]2-c2ccccc2)cc1Cl. The van der Waals surface area contributed by atoms with Crippen molar-refractivity contribution >= 4 is 35.0 Å². The summed E-state index contributed by atoms with van der Waals surface area (Å²) in [6, 6.07) is 14.1. The van der Waals surface area contributed by atoms with E-state index < -0.39 is 5.63 Å². The summed E-state index contributed by atoms with van der Waals surface area (Å²) in [6.07, 6.45) is 0. The van der Waals surface area contributed by atoms with Gasteiger partial charge >= 0.3 is 10.7 Å². The number of aromatic nitrogens is 2. The number of para-hydroxylation sites is 1. The van der Waals surface area contributed by atoms with E-state index in [4.69, 9.17) is 20.9 Å². The third-order valence-corrected chi connectivity index (χ3v) is 4.72. The largest absolute Gasteiger partial charge is 0.495 e. The van der Waals surface area contributed by atoms with Gasteiger partial charge in [-0.25, -0.2) is 4.79 Å². The van der Waals surface area contributed by atoms with Crippen LogP contribution in [0.3, 0.4) is 0 Å². The van der Waals surface area contributed by atoms with Crippen molar-refractivity contribution in [3.63, 3.8) is 0 Å². The predicted molar refractivity (Wildman–Crippen MR) is 98.2 cm³/mol. The van der Waals surface area contributed by atoms with Crippen molar-refractivity contribution in [1.29, 1.82) is 0 Å². The number of rotatable bonds is 6. The van der Waals surface area contributed by atoms with Gasteiger partial charge in [0.2, 0.25) is 11.6 Å². The van der Waals surface area contributed by atoms with Crippen LogP contribution in [0.5, 0.6) is 5.75 Å². The molecule has 0 fully saturated rings. The lowest BCUT2D eigenvalue weighted by molar-refractivity contribution is -0.704. The number of H-pyrrole nitrogens is 1. The summed E-state index contributed by atoms with van der Waals surface area (Å²) >= 11 is 7.11. The second-order valence-corrected chi connectivity index (χ2v) is 6.51. The minimum Gasteiger partial charge on any atom is -0.495 e. The van der Waals surface area contributed by atoms with Crippen LogP contribution in [0, 0.1) is 0 Å². The zero-order chi connectivity index (χ0) is 18.5. The number of carbonyl (C=O) groups excluding carboxylic acids is 1. The third kappa shape index (κ3) is 4.09. The van der Waals surface area contributed by atoms with E-state index in [1.807, 2.05) is 30.3 Å². The number of halogens is 1. The van der Waals surface area contributed by atoms with E-state index in [2.05, 4.69) is 10.6 Å². The highest BCUT2D eigenvalue weighted by Crippen LogP contribution is 2.27. The Bertz CT molecular complexity index is 972. The Morgan fingerprint density at radius 2 is 2.08 bits per heavy atom. The lowest BCUT2D eigenvalue weighted by Crippen LogP contribution is -2.36. The molecule has 0 aliphatic rings. The summed E-state index contributed by atoms with van der Waals surface area (Å²) in [5, 5.41) is 5.92. The molecule has 3 aromatic rings. The van der Waals surface area contributed by atoms with Gasteiger partial charge in [-0.3, -0.25) is 9.32 Å². The fourth-order valence-electron chi connectivity index (χ4n) is 2.21. The van der Waals surface area contributed by atoms with Crippen molar-refractivity contribution in [3.8, 4) is 11.4 Å².